The molecule has 0 saturated carbocycles. The average Bonchev–Trinajstić information content (AvgIpc) is 3.02. The van der Waals surface area contributed by atoms with E-state index in [2.05, 4.69) is 69.2 Å². The van der Waals surface area contributed by atoms with Crippen molar-refractivity contribution in [1.82, 2.24) is 15.0 Å². The highest BCUT2D eigenvalue weighted by atomic mass is 16.7. The van der Waals surface area contributed by atoms with E-state index in [1.165, 1.54) is 5.56 Å². The molecule has 2 aromatic rings. The van der Waals surface area contributed by atoms with Crippen LogP contribution in [0.15, 0.2) is 30.5 Å². The fourth-order valence-corrected chi connectivity index (χ4v) is 2.73. The Labute approximate surface area is 144 Å². The van der Waals surface area contributed by atoms with E-state index in [0.717, 1.165) is 30.5 Å². The van der Waals surface area contributed by atoms with Gasteiger partial charge in [0.1, 0.15) is 0 Å². The summed E-state index contributed by atoms with van der Waals surface area (Å²) >= 11 is 0. The molecule has 0 amide bonds. The van der Waals surface area contributed by atoms with Gasteiger partial charge in [0.15, 0.2) is 0 Å². The quantitative estimate of drug-likeness (QED) is 0.792. The van der Waals surface area contributed by atoms with Crippen molar-refractivity contribution in [1.29, 1.82) is 0 Å². The number of benzene rings is 1. The lowest BCUT2D eigenvalue weighted by molar-refractivity contribution is 0.00578. The largest absolute Gasteiger partial charge is 0.494 e. The van der Waals surface area contributed by atoms with Gasteiger partial charge in [0.25, 0.3) is 0 Å². The van der Waals surface area contributed by atoms with Crippen LogP contribution in [0.4, 0.5) is 0 Å². The molecule has 0 radical (unpaired) electrons. The maximum Gasteiger partial charge on any atom is 0.494 e. The molecule has 1 fully saturated rings. The summed E-state index contributed by atoms with van der Waals surface area (Å²) in [7, 11) is -0.313. The highest BCUT2D eigenvalue weighted by Crippen LogP contribution is 2.36. The molecule has 24 heavy (non-hydrogen) atoms. The van der Waals surface area contributed by atoms with E-state index in [4.69, 9.17) is 9.31 Å². The maximum atomic E-state index is 6.09. The Kier molecular flexibility index (Phi) is 4.53. The van der Waals surface area contributed by atoms with Crippen LogP contribution >= 0.6 is 0 Å². The summed E-state index contributed by atoms with van der Waals surface area (Å²) in [4.78, 5) is 0. The van der Waals surface area contributed by atoms with Crippen LogP contribution in [0.5, 0.6) is 0 Å². The second kappa shape index (κ2) is 6.33. The Hall–Kier alpha value is -1.66. The number of aromatic nitrogens is 3. The molecule has 1 aromatic heterocycles. The van der Waals surface area contributed by atoms with Crippen molar-refractivity contribution in [3.8, 4) is 0 Å². The first-order valence-corrected chi connectivity index (χ1v) is 8.64. The van der Waals surface area contributed by atoms with Crippen molar-refractivity contribution in [2.75, 3.05) is 0 Å². The normalized spacial score (nSPS) is 19.0. The smallest absolute Gasteiger partial charge is 0.399 e. The highest BCUT2D eigenvalue weighted by molar-refractivity contribution is 6.62. The molecule has 1 aromatic carbocycles. The summed E-state index contributed by atoms with van der Waals surface area (Å²) < 4.78 is 14.1. The van der Waals surface area contributed by atoms with Crippen molar-refractivity contribution in [2.24, 2.45) is 0 Å². The molecule has 0 N–H and O–H groups in total. The van der Waals surface area contributed by atoms with Gasteiger partial charge in [-0.25, -0.2) is 4.68 Å². The second-order valence-corrected chi connectivity index (χ2v) is 7.49. The van der Waals surface area contributed by atoms with Crippen LogP contribution in [0.2, 0.25) is 0 Å². The molecule has 0 unspecified atom stereocenters. The molecule has 2 heterocycles. The van der Waals surface area contributed by atoms with E-state index in [1.54, 1.807) is 0 Å². The third-order valence-electron chi connectivity index (χ3n) is 4.94. The molecule has 6 heteroatoms. The molecule has 0 aliphatic carbocycles. The minimum absolute atomic E-state index is 0.313. The van der Waals surface area contributed by atoms with E-state index in [9.17, 15) is 0 Å². The predicted molar refractivity (Wildman–Crippen MR) is 95.3 cm³/mol. The van der Waals surface area contributed by atoms with Crippen molar-refractivity contribution < 1.29 is 9.31 Å². The Morgan fingerprint density at radius 2 is 1.67 bits per heavy atom. The van der Waals surface area contributed by atoms with Gasteiger partial charge >= 0.3 is 7.12 Å². The lowest BCUT2D eigenvalue weighted by atomic mass is 9.79. The first-order chi connectivity index (χ1) is 11.3. The number of hydrogen-bond acceptors (Lipinski definition) is 4. The Morgan fingerprint density at radius 1 is 1.04 bits per heavy atom. The number of aryl methyl sites for hydroxylation is 1. The van der Waals surface area contributed by atoms with Crippen LogP contribution in [-0.4, -0.2) is 33.3 Å². The van der Waals surface area contributed by atoms with Crippen LogP contribution in [0.3, 0.4) is 0 Å². The standard InChI is InChI=1S/C18H26BN3O2/c1-6-7-16-13-22(21-20-16)12-14-8-10-15(11-9-14)19-23-17(2,3)18(4,5)24-19/h8-11,13H,6-7,12H2,1-5H3. The number of nitrogens with zero attached hydrogens (tertiary/aromatic N) is 3. The Balaban J connectivity index is 1.67. The van der Waals surface area contributed by atoms with Gasteiger partial charge in [-0.2, -0.15) is 0 Å². The van der Waals surface area contributed by atoms with Crippen molar-refractivity contribution >= 4 is 12.6 Å². The van der Waals surface area contributed by atoms with Gasteiger partial charge < -0.3 is 9.31 Å². The van der Waals surface area contributed by atoms with Crippen LogP contribution in [0.1, 0.15) is 52.3 Å². The summed E-state index contributed by atoms with van der Waals surface area (Å²) in [5, 5.41) is 8.37. The molecular formula is C18H26BN3O2. The molecule has 0 spiro atoms. The SMILES string of the molecule is CCCc1cn(Cc2ccc(B3OC(C)(C)C(C)(C)O3)cc2)nn1. The highest BCUT2D eigenvalue weighted by Gasteiger charge is 2.51. The van der Waals surface area contributed by atoms with E-state index in [1.807, 2.05) is 10.9 Å². The molecule has 0 atom stereocenters. The van der Waals surface area contributed by atoms with E-state index < -0.39 is 0 Å². The fraction of sp³-hybridized carbons (Fsp3) is 0.556. The van der Waals surface area contributed by atoms with Gasteiger partial charge in [-0.3, -0.25) is 0 Å². The molecule has 1 aliphatic rings. The third-order valence-corrected chi connectivity index (χ3v) is 4.94. The van der Waals surface area contributed by atoms with Gasteiger partial charge in [-0.05, 0) is 45.1 Å². The van der Waals surface area contributed by atoms with Gasteiger partial charge in [-0.1, -0.05) is 42.8 Å². The second-order valence-electron chi connectivity index (χ2n) is 7.49. The molecule has 1 saturated heterocycles. The lowest BCUT2D eigenvalue weighted by Crippen LogP contribution is -2.41. The fourth-order valence-electron chi connectivity index (χ4n) is 2.73. The summed E-state index contributed by atoms with van der Waals surface area (Å²) in [5.74, 6) is 0. The molecule has 128 valence electrons. The monoisotopic (exact) mass is 327 g/mol. The Bertz CT molecular complexity index is 679. The zero-order valence-corrected chi connectivity index (χ0v) is 15.2. The molecule has 1 aliphatic heterocycles. The van der Waals surface area contributed by atoms with E-state index in [0.29, 0.717) is 0 Å². The number of hydrogen-bond donors (Lipinski definition) is 0. The molecular weight excluding hydrogens is 301 g/mol. The summed E-state index contributed by atoms with van der Waals surface area (Å²) in [6.07, 6.45) is 4.08. The van der Waals surface area contributed by atoms with Crippen molar-refractivity contribution in [3.05, 3.63) is 41.7 Å². The maximum absolute atomic E-state index is 6.09. The van der Waals surface area contributed by atoms with Gasteiger partial charge in [0.05, 0.1) is 23.4 Å². The summed E-state index contributed by atoms with van der Waals surface area (Å²) in [6, 6.07) is 8.34. The Morgan fingerprint density at radius 3 is 2.25 bits per heavy atom. The summed E-state index contributed by atoms with van der Waals surface area (Å²) in [5.41, 5.74) is 2.65. The number of rotatable bonds is 5. The van der Waals surface area contributed by atoms with Gasteiger partial charge in [0.2, 0.25) is 0 Å². The first-order valence-electron chi connectivity index (χ1n) is 8.64. The zero-order valence-electron chi connectivity index (χ0n) is 15.2. The topological polar surface area (TPSA) is 49.2 Å². The molecule has 0 bridgehead atoms. The average molecular weight is 327 g/mol. The minimum Gasteiger partial charge on any atom is -0.399 e. The van der Waals surface area contributed by atoms with Gasteiger partial charge in [0, 0.05) is 6.20 Å². The summed E-state index contributed by atoms with van der Waals surface area (Å²) in [6.45, 7) is 11.1. The van der Waals surface area contributed by atoms with Crippen molar-refractivity contribution in [3.63, 3.8) is 0 Å². The van der Waals surface area contributed by atoms with Crippen LogP contribution < -0.4 is 5.46 Å². The first kappa shape index (κ1) is 17.2. The van der Waals surface area contributed by atoms with Crippen LogP contribution in [-0.2, 0) is 22.3 Å². The minimum atomic E-state index is -0.313. The van der Waals surface area contributed by atoms with Crippen molar-refractivity contribution in [2.45, 2.75) is 65.2 Å². The molecule has 3 rings (SSSR count). The third kappa shape index (κ3) is 3.40. The van der Waals surface area contributed by atoms with E-state index in [-0.39, 0.29) is 18.3 Å². The van der Waals surface area contributed by atoms with Gasteiger partial charge in [-0.15, -0.1) is 5.10 Å². The van der Waals surface area contributed by atoms with Crippen LogP contribution in [0, 0.1) is 0 Å². The van der Waals surface area contributed by atoms with E-state index >= 15 is 0 Å². The zero-order chi connectivity index (χ0) is 17.4. The lowest BCUT2D eigenvalue weighted by Gasteiger charge is -2.32. The predicted octanol–water partition coefficient (Wildman–Crippen LogP) is 2.58. The molecule has 5 nitrogen and oxygen atoms in total. The van der Waals surface area contributed by atoms with Crippen LogP contribution in [0.25, 0.3) is 0 Å².